The first kappa shape index (κ1) is 19.9. The van der Waals surface area contributed by atoms with Gasteiger partial charge in [-0.2, -0.15) is 17.6 Å². The highest BCUT2D eigenvalue weighted by molar-refractivity contribution is 7.80. The lowest BCUT2D eigenvalue weighted by atomic mass is 10.2. The Bertz CT molecular complexity index is 587. The molecule has 0 saturated carbocycles. The van der Waals surface area contributed by atoms with Crippen LogP contribution in [-0.4, -0.2) is 29.6 Å². The van der Waals surface area contributed by atoms with E-state index in [1.807, 2.05) is 13.8 Å². The van der Waals surface area contributed by atoms with Crippen LogP contribution in [0.4, 0.5) is 17.6 Å². The van der Waals surface area contributed by atoms with Crippen LogP contribution in [0, 0.1) is 0 Å². The van der Waals surface area contributed by atoms with Crippen LogP contribution in [-0.2, 0) is 0 Å². The minimum atomic E-state index is -4.64. The summed E-state index contributed by atoms with van der Waals surface area (Å²) in [6, 6.07) is 4.57. The zero-order chi connectivity index (χ0) is 18.3. The molecule has 1 amide bonds. The first-order valence-electron chi connectivity index (χ1n) is 6.97. The average Bonchev–Trinajstić information content (AvgIpc) is 2.52. The van der Waals surface area contributed by atoms with Gasteiger partial charge in [-0.3, -0.25) is 15.6 Å². The number of halogens is 4. The molecule has 0 unspecified atom stereocenters. The third kappa shape index (κ3) is 6.19. The summed E-state index contributed by atoms with van der Waals surface area (Å²) >= 11 is 4.95. The van der Waals surface area contributed by atoms with E-state index >= 15 is 0 Å². The highest BCUT2D eigenvalue weighted by atomic mass is 32.1. The number of alkyl halides is 4. The Balaban J connectivity index is 2.66. The molecule has 1 aromatic rings. The summed E-state index contributed by atoms with van der Waals surface area (Å²) in [6.45, 7) is 3.83. The molecule has 0 heterocycles. The Morgan fingerprint density at radius 1 is 1.33 bits per heavy atom. The van der Waals surface area contributed by atoms with Crippen molar-refractivity contribution in [3.63, 3.8) is 0 Å². The summed E-state index contributed by atoms with van der Waals surface area (Å²) in [5, 5.41) is 3.06. The fraction of sp³-hybridized carbons (Fsp3) is 0.429. The maximum Gasteiger partial charge on any atom is 0.461 e. The molecule has 0 saturated heterocycles. The number of amides is 1. The molecule has 1 atom stereocenters. The molecule has 10 heteroatoms. The van der Waals surface area contributed by atoms with Gasteiger partial charge in [0.15, 0.2) is 5.11 Å². The van der Waals surface area contributed by atoms with Gasteiger partial charge in [0.05, 0.1) is 0 Å². The zero-order valence-electron chi connectivity index (χ0n) is 12.9. The van der Waals surface area contributed by atoms with Crippen LogP contribution in [0.1, 0.15) is 30.6 Å². The Kier molecular flexibility index (Phi) is 7.20. The van der Waals surface area contributed by atoms with Crippen molar-refractivity contribution in [2.24, 2.45) is 0 Å². The lowest BCUT2D eigenvalue weighted by molar-refractivity contribution is -0.253. The van der Waals surface area contributed by atoms with E-state index in [1.54, 1.807) is 0 Å². The van der Waals surface area contributed by atoms with Gasteiger partial charge in [-0.1, -0.05) is 13.0 Å². The number of ether oxygens (including phenoxy) is 1. The first-order valence-corrected chi connectivity index (χ1v) is 7.38. The van der Waals surface area contributed by atoms with Gasteiger partial charge < -0.3 is 10.1 Å². The van der Waals surface area contributed by atoms with E-state index < -0.39 is 24.2 Å². The minimum absolute atomic E-state index is 0.0728. The number of hydrogen-bond donors (Lipinski definition) is 3. The number of thiocarbonyl (C=S) groups is 1. The summed E-state index contributed by atoms with van der Waals surface area (Å²) in [5.41, 5.74) is 4.63. The van der Waals surface area contributed by atoms with Crippen LogP contribution < -0.4 is 20.9 Å². The molecule has 0 bridgehead atoms. The van der Waals surface area contributed by atoms with Gasteiger partial charge in [-0.25, -0.2) is 0 Å². The van der Waals surface area contributed by atoms with Crippen LogP contribution in [0.25, 0.3) is 0 Å². The van der Waals surface area contributed by atoms with E-state index in [-0.39, 0.29) is 16.7 Å². The molecular weight excluding hydrogens is 350 g/mol. The zero-order valence-corrected chi connectivity index (χ0v) is 13.7. The summed E-state index contributed by atoms with van der Waals surface area (Å²) in [5.74, 6) is -1.26. The number of hydrazine groups is 1. The first-order chi connectivity index (χ1) is 11.2. The van der Waals surface area contributed by atoms with Crippen molar-refractivity contribution in [1.29, 1.82) is 0 Å². The van der Waals surface area contributed by atoms with E-state index in [0.29, 0.717) is 0 Å². The summed E-state index contributed by atoms with van der Waals surface area (Å²) in [6.07, 6.45) is -7.82. The molecule has 3 N–H and O–H groups in total. The van der Waals surface area contributed by atoms with Gasteiger partial charge in [0.2, 0.25) is 0 Å². The van der Waals surface area contributed by atoms with E-state index in [1.165, 1.54) is 12.1 Å². The van der Waals surface area contributed by atoms with E-state index in [9.17, 15) is 22.4 Å². The van der Waals surface area contributed by atoms with E-state index in [2.05, 4.69) is 20.9 Å². The highest BCUT2D eigenvalue weighted by Crippen LogP contribution is 2.27. The number of carbonyl (C=O) groups is 1. The monoisotopic (exact) mass is 367 g/mol. The van der Waals surface area contributed by atoms with Gasteiger partial charge in [0.1, 0.15) is 5.75 Å². The van der Waals surface area contributed by atoms with Crippen molar-refractivity contribution >= 4 is 23.2 Å². The fourth-order valence-electron chi connectivity index (χ4n) is 1.45. The van der Waals surface area contributed by atoms with Crippen LogP contribution in [0.3, 0.4) is 0 Å². The molecule has 0 aromatic heterocycles. The number of nitrogens with one attached hydrogen (secondary N) is 3. The third-order valence-electron chi connectivity index (χ3n) is 2.88. The number of rotatable bonds is 6. The lowest BCUT2D eigenvalue weighted by Gasteiger charge is -2.17. The Labute approximate surface area is 141 Å². The molecule has 134 valence electrons. The molecule has 24 heavy (non-hydrogen) atoms. The predicted octanol–water partition coefficient (Wildman–Crippen LogP) is 2.83. The average molecular weight is 367 g/mol. The van der Waals surface area contributed by atoms with E-state index in [4.69, 9.17) is 12.2 Å². The molecule has 5 nitrogen and oxygen atoms in total. The van der Waals surface area contributed by atoms with Crippen LogP contribution >= 0.6 is 12.2 Å². The smallest absolute Gasteiger partial charge is 0.428 e. The van der Waals surface area contributed by atoms with Gasteiger partial charge >= 0.3 is 12.5 Å². The molecule has 1 aromatic carbocycles. The van der Waals surface area contributed by atoms with Crippen molar-refractivity contribution in [3.8, 4) is 5.75 Å². The quantitative estimate of drug-likeness (QED) is 0.410. The number of hydrogen-bond acceptors (Lipinski definition) is 3. The molecule has 0 radical (unpaired) electrons. The second kappa shape index (κ2) is 8.67. The largest absolute Gasteiger partial charge is 0.461 e. The molecule has 0 aliphatic carbocycles. The van der Waals surface area contributed by atoms with Crippen molar-refractivity contribution < 1.29 is 27.1 Å². The standard InChI is InChI=1S/C14H17F4N3O2S/c1-3-8(2)19-13(24)21-20-11(22)9-5-4-6-10(7-9)23-14(17,18)12(15)16/h4-8,12H,3H2,1-2H3,(H,20,22)(H2,19,21,24)/t8-/m0/s1. The SMILES string of the molecule is CC[C@H](C)NC(=S)NNC(=O)c1cccc(OC(F)(F)C(F)F)c1. The van der Waals surface area contributed by atoms with Crippen LogP contribution in [0.5, 0.6) is 5.75 Å². The van der Waals surface area contributed by atoms with Gasteiger partial charge in [-0.05, 0) is 43.8 Å². The van der Waals surface area contributed by atoms with Gasteiger partial charge in [-0.15, -0.1) is 0 Å². The maximum atomic E-state index is 12.9. The number of benzene rings is 1. The third-order valence-corrected chi connectivity index (χ3v) is 3.10. The Hall–Kier alpha value is -2.10. The molecule has 1 rings (SSSR count). The van der Waals surface area contributed by atoms with Crippen molar-refractivity contribution in [2.45, 2.75) is 38.8 Å². The predicted molar refractivity (Wildman–Crippen MR) is 84.1 cm³/mol. The van der Waals surface area contributed by atoms with Crippen LogP contribution in [0.2, 0.25) is 0 Å². The Morgan fingerprint density at radius 3 is 2.58 bits per heavy atom. The second-order valence-corrected chi connectivity index (χ2v) is 5.26. The number of carbonyl (C=O) groups excluding carboxylic acids is 1. The minimum Gasteiger partial charge on any atom is -0.428 e. The van der Waals surface area contributed by atoms with Gasteiger partial charge in [0, 0.05) is 11.6 Å². The topological polar surface area (TPSA) is 62.4 Å². The molecule has 0 aliphatic rings. The van der Waals surface area contributed by atoms with Crippen molar-refractivity contribution in [2.75, 3.05) is 0 Å². The summed E-state index contributed by atoms with van der Waals surface area (Å²) in [7, 11) is 0. The van der Waals surface area contributed by atoms with Crippen LogP contribution in [0.15, 0.2) is 24.3 Å². The fourth-order valence-corrected chi connectivity index (χ4v) is 1.70. The molecule has 0 aliphatic heterocycles. The lowest BCUT2D eigenvalue weighted by Crippen LogP contribution is -2.49. The van der Waals surface area contributed by atoms with Crippen molar-refractivity contribution in [3.05, 3.63) is 29.8 Å². The van der Waals surface area contributed by atoms with Crippen molar-refractivity contribution in [1.82, 2.24) is 16.2 Å². The summed E-state index contributed by atoms with van der Waals surface area (Å²) < 4.78 is 53.9. The Morgan fingerprint density at radius 2 is 2.00 bits per heavy atom. The second-order valence-electron chi connectivity index (χ2n) is 4.85. The highest BCUT2D eigenvalue weighted by Gasteiger charge is 2.44. The van der Waals surface area contributed by atoms with E-state index in [0.717, 1.165) is 18.6 Å². The molecule has 0 spiro atoms. The maximum absolute atomic E-state index is 12.9. The molecule has 0 fully saturated rings. The van der Waals surface area contributed by atoms with Gasteiger partial charge in [0.25, 0.3) is 5.91 Å². The molecular formula is C14H17F4N3O2S. The summed E-state index contributed by atoms with van der Waals surface area (Å²) in [4.78, 5) is 11.9. The normalized spacial score (nSPS) is 12.5.